The zero-order valence-corrected chi connectivity index (χ0v) is 15.5. The second kappa shape index (κ2) is 7.92. The van der Waals surface area contributed by atoms with Crippen LogP contribution in [0.4, 0.5) is 0 Å². The van der Waals surface area contributed by atoms with Gasteiger partial charge in [-0.2, -0.15) is 0 Å². The van der Waals surface area contributed by atoms with Crippen LogP contribution in [0.25, 0.3) is 0 Å². The molecule has 0 aliphatic carbocycles. The summed E-state index contributed by atoms with van der Waals surface area (Å²) in [5, 5.41) is 3.60. The number of nitrogens with one attached hydrogen (secondary N) is 1. The third kappa shape index (κ3) is 4.06. The van der Waals surface area contributed by atoms with Crippen LogP contribution in [0.5, 0.6) is 0 Å². The molecule has 0 amide bonds. The SMILES string of the molecule is CCCNCC1CCCN(C)C1c1ccc(Br)c(Br)c1. The summed E-state index contributed by atoms with van der Waals surface area (Å²) in [4.78, 5) is 2.51. The average Bonchev–Trinajstić information content (AvgIpc) is 2.43. The Labute approximate surface area is 139 Å². The van der Waals surface area contributed by atoms with Crippen LogP contribution < -0.4 is 5.32 Å². The third-order valence-electron chi connectivity index (χ3n) is 4.13. The smallest absolute Gasteiger partial charge is 0.0385 e. The topological polar surface area (TPSA) is 15.3 Å². The van der Waals surface area contributed by atoms with E-state index < -0.39 is 0 Å². The van der Waals surface area contributed by atoms with E-state index in [0.29, 0.717) is 12.0 Å². The Hall–Kier alpha value is 0.1000. The first kappa shape index (κ1) is 16.5. The second-order valence-corrected chi connectivity index (χ2v) is 7.41. The molecule has 2 unspecified atom stereocenters. The maximum atomic E-state index is 3.64. The van der Waals surface area contributed by atoms with Gasteiger partial charge in [0, 0.05) is 15.0 Å². The van der Waals surface area contributed by atoms with Gasteiger partial charge in [-0.15, -0.1) is 0 Å². The van der Waals surface area contributed by atoms with E-state index in [2.05, 4.69) is 74.2 Å². The monoisotopic (exact) mass is 402 g/mol. The molecule has 0 radical (unpaired) electrons. The maximum Gasteiger partial charge on any atom is 0.0385 e. The summed E-state index contributed by atoms with van der Waals surface area (Å²) in [7, 11) is 2.26. The number of halogens is 2. The first-order valence-corrected chi connectivity index (χ1v) is 9.08. The van der Waals surface area contributed by atoms with Gasteiger partial charge < -0.3 is 5.32 Å². The Morgan fingerprint density at radius 3 is 2.80 bits per heavy atom. The molecule has 1 fully saturated rings. The number of piperidine rings is 1. The summed E-state index contributed by atoms with van der Waals surface area (Å²) in [6.45, 7) is 5.67. The van der Waals surface area contributed by atoms with Crippen molar-refractivity contribution in [3.63, 3.8) is 0 Å². The molecule has 0 spiro atoms. The molecule has 1 saturated heterocycles. The van der Waals surface area contributed by atoms with Gasteiger partial charge in [-0.25, -0.2) is 0 Å². The number of nitrogens with zero attached hydrogens (tertiary/aromatic N) is 1. The summed E-state index contributed by atoms with van der Waals surface area (Å²) in [5.74, 6) is 0.702. The van der Waals surface area contributed by atoms with E-state index in [0.717, 1.165) is 22.0 Å². The van der Waals surface area contributed by atoms with Gasteiger partial charge >= 0.3 is 0 Å². The molecule has 0 saturated carbocycles. The number of benzene rings is 1. The van der Waals surface area contributed by atoms with E-state index in [1.807, 2.05) is 0 Å². The van der Waals surface area contributed by atoms with Crippen LogP contribution >= 0.6 is 31.9 Å². The maximum absolute atomic E-state index is 3.64. The minimum Gasteiger partial charge on any atom is -0.316 e. The Balaban J connectivity index is 2.15. The predicted octanol–water partition coefficient (Wildman–Crippen LogP) is 4.59. The highest BCUT2D eigenvalue weighted by Gasteiger charge is 2.30. The summed E-state index contributed by atoms with van der Waals surface area (Å²) in [6, 6.07) is 7.20. The van der Waals surface area contributed by atoms with Gasteiger partial charge in [0.15, 0.2) is 0 Å². The molecule has 112 valence electrons. The molecule has 1 N–H and O–H groups in total. The lowest BCUT2D eigenvalue weighted by atomic mass is 9.85. The number of hydrogen-bond acceptors (Lipinski definition) is 2. The quantitative estimate of drug-likeness (QED) is 0.723. The fraction of sp³-hybridized carbons (Fsp3) is 0.625. The standard InChI is InChI=1S/C16H24Br2N2/c1-3-8-19-11-13-5-4-9-20(2)16(13)12-6-7-14(17)15(18)10-12/h6-7,10,13,16,19H,3-5,8-9,11H2,1-2H3. The average molecular weight is 404 g/mol. The van der Waals surface area contributed by atoms with Crippen LogP contribution in [0.2, 0.25) is 0 Å². The zero-order valence-electron chi connectivity index (χ0n) is 12.3. The zero-order chi connectivity index (χ0) is 14.5. The van der Waals surface area contributed by atoms with Crippen molar-refractivity contribution in [3.8, 4) is 0 Å². The van der Waals surface area contributed by atoms with Crippen LogP contribution in [0, 0.1) is 5.92 Å². The predicted molar refractivity (Wildman–Crippen MR) is 93.1 cm³/mol. The molecule has 1 aromatic carbocycles. The summed E-state index contributed by atoms with van der Waals surface area (Å²) in [5.41, 5.74) is 1.42. The highest BCUT2D eigenvalue weighted by molar-refractivity contribution is 9.13. The highest BCUT2D eigenvalue weighted by Crippen LogP contribution is 2.37. The highest BCUT2D eigenvalue weighted by atomic mass is 79.9. The van der Waals surface area contributed by atoms with Gasteiger partial charge in [0.1, 0.15) is 0 Å². The first-order chi connectivity index (χ1) is 9.63. The number of rotatable bonds is 5. The van der Waals surface area contributed by atoms with Gasteiger partial charge in [-0.1, -0.05) is 13.0 Å². The Kier molecular flexibility index (Phi) is 6.53. The van der Waals surface area contributed by atoms with Crippen molar-refractivity contribution in [2.45, 2.75) is 32.2 Å². The Morgan fingerprint density at radius 2 is 2.10 bits per heavy atom. The Bertz CT molecular complexity index is 436. The fourth-order valence-corrected chi connectivity index (χ4v) is 3.80. The minimum absolute atomic E-state index is 0.525. The van der Waals surface area contributed by atoms with Gasteiger partial charge in [-0.05, 0) is 101 Å². The van der Waals surface area contributed by atoms with Gasteiger partial charge in [-0.3, -0.25) is 4.90 Å². The molecule has 1 aliphatic rings. The molecular weight excluding hydrogens is 380 g/mol. The van der Waals surface area contributed by atoms with E-state index in [4.69, 9.17) is 0 Å². The van der Waals surface area contributed by atoms with Crippen molar-refractivity contribution < 1.29 is 0 Å². The lowest BCUT2D eigenvalue weighted by Gasteiger charge is -2.40. The molecule has 2 atom stereocenters. The van der Waals surface area contributed by atoms with Crippen LogP contribution in [0.1, 0.15) is 37.8 Å². The van der Waals surface area contributed by atoms with Crippen LogP contribution in [0.15, 0.2) is 27.1 Å². The van der Waals surface area contributed by atoms with Crippen LogP contribution in [-0.2, 0) is 0 Å². The molecule has 0 bridgehead atoms. The van der Waals surface area contributed by atoms with E-state index in [1.54, 1.807) is 0 Å². The van der Waals surface area contributed by atoms with Gasteiger partial charge in [0.2, 0.25) is 0 Å². The van der Waals surface area contributed by atoms with Gasteiger partial charge in [0.05, 0.1) is 0 Å². The van der Waals surface area contributed by atoms with E-state index in [9.17, 15) is 0 Å². The van der Waals surface area contributed by atoms with Crippen molar-refractivity contribution in [2.75, 3.05) is 26.7 Å². The van der Waals surface area contributed by atoms with E-state index in [-0.39, 0.29) is 0 Å². The first-order valence-electron chi connectivity index (χ1n) is 7.49. The minimum atomic E-state index is 0.525. The summed E-state index contributed by atoms with van der Waals surface area (Å²) in [6.07, 6.45) is 3.83. The summed E-state index contributed by atoms with van der Waals surface area (Å²) < 4.78 is 2.27. The number of likely N-dealkylation sites (tertiary alicyclic amines) is 1. The second-order valence-electron chi connectivity index (χ2n) is 5.71. The largest absolute Gasteiger partial charge is 0.316 e. The molecule has 1 aliphatic heterocycles. The molecule has 1 heterocycles. The molecule has 20 heavy (non-hydrogen) atoms. The van der Waals surface area contributed by atoms with Crippen LogP contribution in [0.3, 0.4) is 0 Å². The van der Waals surface area contributed by atoms with Crippen molar-refractivity contribution in [2.24, 2.45) is 5.92 Å². The van der Waals surface area contributed by atoms with Crippen molar-refractivity contribution >= 4 is 31.9 Å². The van der Waals surface area contributed by atoms with Crippen molar-refractivity contribution in [1.29, 1.82) is 0 Å². The van der Waals surface area contributed by atoms with E-state index >= 15 is 0 Å². The lowest BCUT2D eigenvalue weighted by Crippen LogP contribution is -2.40. The lowest BCUT2D eigenvalue weighted by molar-refractivity contribution is 0.119. The molecule has 2 nitrogen and oxygen atoms in total. The third-order valence-corrected chi connectivity index (χ3v) is 6.01. The van der Waals surface area contributed by atoms with Crippen molar-refractivity contribution in [3.05, 3.63) is 32.7 Å². The van der Waals surface area contributed by atoms with Crippen LogP contribution in [-0.4, -0.2) is 31.6 Å². The number of hydrogen-bond donors (Lipinski definition) is 1. The van der Waals surface area contributed by atoms with Crippen molar-refractivity contribution in [1.82, 2.24) is 10.2 Å². The Morgan fingerprint density at radius 1 is 1.30 bits per heavy atom. The van der Waals surface area contributed by atoms with E-state index in [1.165, 1.54) is 31.4 Å². The molecule has 0 aromatic heterocycles. The molecule has 4 heteroatoms. The normalized spacial score (nSPS) is 24.0. The molecule has 2 rings (SSSR count). The summed E-state index contributed by atoms with van der Waals surface area (Å²) >= 11 is 7.20. The molecular formula is C16H24Br2N2. The van der Waals surface area contributed by atoms with Gasteiger partial charge in [0.25, 0.3) is 0 Å². The fourth-order valence-electron chi connectivity index (χ4n) is 3.16. The molecule has 1 aromatic rings.